The average molecular weight is 392 g/mol. The maximum absolute atomic E-state index is 13.2. The van der Waals surface area contributed by atoms with Gasteiger partial charge in [-0.15, -0.1) is 0 Å². The predicted octanol–water partition coefficient (Wildman–Crippen LogP) is 4.64. The van der Waals surface area contributed by atoms with Crippen LogP contribution in [0.2, 0.25) is 0 Å². The normalized spacial score (nSPS) is 32.0. The van der Waals surface area contributed by atoms with Crippen molar-refractivity contribution in [3.05, 3.63) is 0 Å². The Hall–Kier alpha value is -1.10. The van der Waals surface area contributed by atoms with Crippen molar-refractivity contribution in [1.82, 2.24) is 4.90 Å². The fourth-order valence-corrected chi connectivity index (χ4v) is 5.53. The zero-order valence-electron chi connectivity index (χ0n) is 18.1. The van der Waals surface area contributed by atoms with Crippen LogP contribution in [-0.2, 0) is 9.53 Å². The van der Waals surface area contributed by atoms with Crippen molar-refractivity contribution in [1.29, 1.82) is 0 Å². The number of likely N-dealkylation sites (N-methyl/N-ethyl adjacent to an activating group) is 1. The number of hydrogen-bond acceptors (Lipinski definition) is 4. The highest BCUT2D eigenvalue weighted by Gasteiger charge is 2.48. The quantitative estimate of drug-likeness (QED) is 0.582. The summed E-state index contributed by atoms with van der Waals surface area (Å²) in [7, 11) is 1.78. The van der Waals surface area contributed by atoms with Gasteiger partial charge in [0, 0.05) is 13.7 Å². The summed E-state index contributed by atoms with van der Waals surface area (Å²) in [5.41, 5.74) is 5.48. The molecule has 0 bridgehead atoms. The molecule has 0 saturated heterocycles. The van der Waals surface area contributed by atoms with Crippen molar-refractivity contribution in [2.24, 2.45) is 22.6 Å². The van der Waals surface area contributed by atoms with Crippen LogP contribution in [0.25, 0.3) is 0 Å². The van der Waals surface area contributed by atoms with Crippen LogP contribution in [0.1, 0.15) is 96.8 Å². The lowest BCUT2D eigenvalue weighted by Crippen LogP contribution is -2.44. The lowest BCUT2D eigenvalue weighted by atomic mass is 9.74. The number of nitrogens with two attached hydrogens (primary N) is 1. The SMILES string of the molecule is CCCCO[C@@H]1CCC[C@H](C[C@@]2(CCC3CCCCC3)N=C(N)N(C)C2=O)C1. The Morgan fingerprint density at radius 1 is 1.14 bits per heavy atom. The Kier molecular flexibility index (Phi) is 7.78. The van der Waals surface area contributed by atoms with Crippen molar-refractivity contribution in [3.63, 3.8) is 0 Å². The van der Waals surface area contributed by atoms with Crippen LogP contribution >= 0.6 is 0 Å². The third-order valence-corrected chi connectivity index (χ3v) is 7.28. The topological polar surface area (TPSA) is 67.9 Å². The minimum absolute atomic E-state index is 0.120. The van der Waals surface area contributed by atoms with E-state index in [1.807, 2.05) is 0 Å². The highest BCUT2D eigenvalue weighted by molar-refractivity contribution is 6.06. The fourth-order valence-electron chi connectivity index (χ4n) is 5.53. The maximum atomic E-state index is 13.2. The largest absolute Gasteiger partial charge is 0.378 e. The maximum Gasteiger partial charge on any atom is 0.257 e. The summed E-state index contributed by atoms with van der Waals surface area (Å²) in [4.78, 5) is 19.5. The number of amides is 1. The van der Waals surface area contributed by atoms with E-state index in [9.17, 15) is 4.79 Å². The van der Waals surface area contributed by atoms with Crippen LogP contribution < -0.4 is 5.73 Å². The Morgan fingerprint density at radius 3 is 2.57 bits per heavy atom. The second kappa shape index (κ2) is 10.1. The van der Waals surface area contributed by atoms with Gasteiger partial charge in [0.25, 0.3) is 5.91 Å². The molecule has 160 valence electrons. The van der Waals surface area contributed by atoms with Crippen LogP contribution in [0.15, 0.2) is 4.99 Å². The third kappa shape index (κ3) is 5.28. The molecule has 3 rings (SSSR count). The highest BCUT2D eigenvalue weighted by atomic mass is 16.5. The van der Waals surface area contributed by atoms with Crippen molar-refractivity contribution >= 4 is 11.9 Å². The van der Waals surface area contributed by atoms with Crippen molar-refractivity contribution < 1.29 is 9.53 Å². The molecule has 1 heterocycles. The monoisotopic (exact) mass is 391 g/mol. The number of carbonyl (C=O) groups excluding carboxylic acids is 1. The molecule has 0 radical (unpaired) electrons. The first-order valence-corrected chi connectivity index (χ1v) is 11.8. The van der Waals surface area contributed by atoms with Gasteiger partial charge in [-0.1, -0.05) is 58.3 Å². The lowest BCUT2D eigenvalue weighted by Gasteiger charge is -2.35. The lowest BCUT2D eigenvalue weighted by molar-refractivity contribution is -0.131. The van der Waals surface area contributed by atoms with Gasteiger partial charge in [0.05, 0.1) is 6.10 Å². The fraction of sp³-hybridized carbons (Fsp3) is 0.913. The molecule has 1 amide bonds. The smallest absolute Gasteiger partial charge is 0.257 e. The van der Waals surface area contributed by atoms with Gasteiger partial charge in [-0.05, 0) is 50.4 Å². The Labute approximate surface area is 171 Å². The number of rotatable bonds is 9. The molecule has 2 fully saturated rings. The summed E-state index contributed by atoms with van der Waals surface area (Å²) >= 11 is 0. The van der Waals surface area contributed by atoms with Crippen LogP contribution in [0.5, 0.6) is 0 Å². The third-order valence-electron chi connectivity index (χ3n) is 7.28. The molecular weight excluding hydrogens is 350 g/mol. The van der Waals surface area contributed by atoms with Gasteiger partial charge in [0.2, 0.25) is 0 Å². The molecule has 28 heavy (non-hydrogen) atoms. The van der Waals surface area contributed by atoms with E-state index in [1.165, 1.54) is 51.4 Å². The van der Waals surface area contributed by atoms with Gasteiger partial charge in [-0.2, -0.15) is 0 Å². The molecular formula is C23H41N3O2. The summed E-state index contributed by atoms with van der Waals surface area (Å²) < 4.78 is 6.12. The zero-order chi connectivity index (χ0) is 20.0. The second-order valence-corrected chi connectivity index (χ2v) is 9.49. The summed E-state index contributed by atoms with van der Waals surface area (Å²) in [6.07, 6.45) is 16.8. The number of unbranched alkanes of at least 4 members (excludes halogenated alkanes) is 1. The van der Waals surface area contributed by atoms with E-state index in [2.05, 4.69) is 6.92 Å². The molecule has 3 atom stereocenters. The number of carbonyl (C=O) groups is 1. The molecule has 0 aromatic rings. The molecule has 2 saturated carbocycles. The van der Waals surface area contributed by atoms with Crippen LogP contribution in [0, 0.1) is 11.8 Å². The van der Waals surface area contributed by atoms with E-state index in [0.717, 1.165) is 51.0 Å². The van der Waals surface area contributed by atoms with E-state index in [0.29, 0.717) is 18.0 Å². The number of guanidine groups is 1. The van der Waals surface area contributed by atoms with Gasteiger partial charge in [-0.3, -0.25) is 9.69 Å². The molecule has 5 nitrogen and oxygen atoms in total. The standard InChI is InChI=1S/C23H41N3O2/c1-3-4-15-28-20-12-8-11-19(16-20)17-23(21(27)26(2)22(24)25-23)14-13-18-9-6-5-7-10-18/h18-20H,3-17H2,1-2H3,(H2,24,25)/t19-,20+,23+/m0/s1. The van der Waals surface area contributed by atoms with E-state index in [4.69, 9.17) is 15.5 Å². The second-order valence-electron chi connectivity index (χ2n) is 9.49. The molecule has 1 aliphatic heterocycles. The van der Waals surface area contributed by atoms with Crippen molar-refractivity contribution in [2.75, 3.05) is 13.7 Å². The van der Waals surface area contributed by atoms with Crippen LogP contribution in [-0.4, -0.2) is 42.1 Å². The number of aliphatic imine (C=N–C) groups is 1. The van der Waals surface area contributed by atoms with Gasteiger partial charge in [-0.25, -0.2) is 4.99 Å². The van der Waals surface area contributed by atoms with E-state index >= 15 is 0 Å². The molecule has 5 heteroatoms. The molecule has 2 N–H and O–H groups in total. The zero-order valence-corrected chi connectivity index (χ0v) is 18.1. The van der Waals surface area contributed by atoms with Crippen molar-refractivity contribution in [2.45, 2.75) is 108 Å². The summed E-state index contributed by atoms with van der Waals surface area (Å²) in [6, 6.07) is 0. The summed E-state index contributed by atoms with van der Waals surface area (Å²) in [6.45, 7) is 3.07. The first kappa shape index (κ1) is 21.6. The van der Waals surface area contributed by atoms with Crippen LogP contribution in [0.3, 0.4) is 0 Å². The summed E-state index contributed by atoms with van der Waals surface area (Å²) in [5, 5.41) is 0. The first-order valence-electron chi connectivity index (χ1n) is 11.8. The van der Waals surface area contributed by atoms with Crippen LogP contribution in [0.4, 0.5) is 0 Å². The summed E-state index contributed by atoms with van der Waals surface area (Å²) in [5.74, 6) is 1.80. The van der Waals surface area contributed by atoms with Gasteiger partial charge < -0.3 is 10.5 Å². The average Bonchev–Trinajstić information content (AvgIpc) is 2.92. The van der Waals surface area contributed by atoms with Gasteiger partial charge in [0.1, 0.15) is 5.54 Å². The molecule has 0 spiro atoms. The number of nitrogens with zero attached hydrogens (tertiary/aromatic N) is 2. The minimum atomic E-state index is -0.619. The number of hydrogen-bond donors (Lipinski definition) is 1. The Bertz CT molecular complexity index is 544. The molecule has 0 aromatic heterocycles. The number of ether oxygens (including phenoxy) is 1. The Balaban J connectivity index is 1.63. The molecule has 2 aliphatic carbocycles. The first-order chi connectivity index (χ1) is 13.5. The molecule has 3 aliphatic rings. The minimum Gasteiger partial charge on any atom is -0.378 e. The predicted molar refractivity (Wildman–Crippen MR) is 114 cm³/mol. The Morgan fingerprint density at radius 2 is 1.89 bits per heavy atom. The van der Waals surface area contributed by atoms with Gasteiger partial charge >= 0.3 is 0 Å². The molecule has 0 unspecified atom stereocenters. The van der Waals surface area contributed by atoms with Gasteiger partial charge in [0.15, 0.2) is 5.96 Å². The highest BCUT2D eigenvalue weighted by Crippen LogP contribution is 2.40. The van der Waals surface area contributed by atoms with E-state index < -0.39 is 5.54 Å². The van der Waals surface area contributed by atoms with E-state index in [1.54, 1.807) is 11.9 Å². The van der Waals surface area contributed by atoms with Crippen molar-refractivity contribution in [3.8, 4) is 0 Å². The molecule has 0 aromatic carbocycles. The van der Waals surface area contributed by atoms with E-state index in [-0.39, 0.29) is 5.91 Å².